The summed E-state index contributed by atoms with van der Waals surface area (Å²) in [6, 6.07) is 0. The lowest BCUT2D eigenvalue weighted by molar-refractivity contribution is 0.526. The van der Waals surface area contributed by atoms with Gasteiger partial charge in [0.05, 0.1) is 0 Å². The molecule has 0 spiro atoms. The number of nitrogens with zero attached hydrogens (tertiary/aromatic N) is 1. The molecule has 0 aromatic heterocycles. The Kier molecular flexibility index (Phi) is 3.94. The lowest BCUT2D eigenvalue weighted by Gasteiger charge is -2.21. The second kappa shape index (κ2) is 4.24. The minimum atomic E-state index is 0.120. The highest BCUT2D eigenvalue weighted by atomic mass is 14.7. The van der Waals surface area contributed by atoms with E-state index in [1.165, 1.54) is 0 Å². The van der Waals surface area contributed by atoms with Gasteiger partial charge in [-0.2, -0.15) is 0 Å². The molecule has 0 aliphatic heterocycles. The highest BCUT2D eigenvalue weighted by Crippen LogP contribution is 2.24. The van der Waals surface area contributed by atoms with Gasteiger partial charge in [-0.05, 0) is 24.8 Å². The Hall–Kier alpha value is -0.850. The summed E-state index contributed by atoms with van der Waals surface area (Å²) in [5.41, 5.74) is 2.23. The molecule has 0 saturated carbocycles. The maximum absolute atomic E-state index is 4.25. The molecule has 0 rings (SSSR count). The van der Waals surface area contributed by atoms with Crippen LogP contribution in [0, 0.1) is 5.41 Å². The summed E-state index contributed by atoms with van der Waals surface area (Å²) in [7, 11) is 0. The number of hydrogen-bond acceptors (Lipinski definition) is 1. The zero-order valence-corrected chi connectivity index (χ0v) is 8.81. The van der Waals surface area contributed by atoms with E-state index in [0.29, 0.717) is 0 Å². The molecule has 0 N–H and O–H groups in total. The molecule has 0 radical (unpaired) electrons. The van der Waals surface area contributed by atoms with E-state index in [0.717, 1.165) is 11.3 Å². The number of rotatable bonds is 2. The molecule has 1 nitrogen and oxygen atoms in total. The van der Waals surface area contributed by atoms with Crippen LogP contribution in [0.25, 0.3) is 0 Å². The van der Waals surface area contributed by atoms with E-state index in [9.17, 15) is 0 Å². The third-order valence-electron chi connectivity index (χ3n) is 1.76. The summed E-state index contributed by atoms with van der Waals surface area (Å²) < 4.78 is 0. The molecule has 0 aromatic rings. The van der Waals surface area contributed by atoms with Crippen molar-refractivity contribution in [2.75, 3.05) is 0 Å². The summed E-state index contributed by atoms with van der Waals surface area (Å²) in [6.45, 7) is 14.4. The first-order chi connectivity index (χ1) is 5.39. The Labute approximate surface area is 75.9 Å². The van der Waals surface area contributed by atoms with E-state index < -0.39 is 0 Å². The zero-order valence-electron chi connectivity index (χ0n) is 8.81. The highest BCUT2D eigenvalue weighted by Gasteiger charge is 2.16. The smallest absolute Gasteiger partial charge is 0.0403 e. The predicted molar refractivity (Wildman–Crippen MR) is 56.5 cm³/mol. The fraction of sp³-hybridized carbons (Fsp3) is 0.545. The van der Waals surface area contributed by atoms with E-state index >= 15 is 0 Å². The van der Waals surface area contributed by atoms with Crippen LogP contribution in [0.1, 0.15) is 34.6 Å². The summed E-state index contributed by atoms with van der Waals surface area (Å²) in [5.74, 6) is 0. The first-order valence-electron chi connectivity index (χ1n) is 4.25. The molecule has 0 atom stereocenters. The van der Waals surface area contributed by atoms with Crippen molar-refractivity contribution in [2.24, 2.45) is 10.4 Å². The van der Waals surface area contributed by atoms with Gasteiger partial charge in [0.25, 0.3) is 0 Å². The maximum Gasteiger partial charge on any atom is 0.0403 e. The van der Waals surface area contributed by atoms with Crippen LogP contribution in [-0.4, -0.2) is 5.71 Å². The van der Waals surface area contributed by atoms with Gasteiger partial charge >= 0.3 is 0 Å². The maximum atomic E-state index is 4.25. The molecule has 68 valence electrons. The summed E-state index contributed by atoms with van der Waals surface area (Å²) in [4.78, 5) is 4.25. The average Bonchev–Trinajstić information content (AvgIpc) is 1.97. The van der Waals surface area contributed by atoms with Crippen molar-refractivity contribution in [1.82, 2.24) is 0 Å². The minimum Gasteiger partial charge on any atom is -0.262 e. The van der Waals surface area contributed by atoms with Crippen molar-refractivity contribution in [1.29, 1.82) is 0 Å². The summed E-state index contributed by atoms with van der Waals surface area (Å²) in [5, 5.41) is 0. The SMILES string of the molecule is C=C(/C(C)=N\C=C/C)C(C)(C)C. The number of hydrogen-bond donors (Lipinski definition) is 0. The lowest BCUT2D eigenvalue weighted by Crippen LogP contribution is -2.14. The van der Waals surface area contributed by atoms with Gasteiger partial charge in [-0.3, -0.25) is 4.99 Å². The summed E-state index contributed by atoms with van der Waals surface area (Å²) in [6.07, 6.45) is 3.71. The van der Waals surface area contributed by atoms with Crippen LogP contribution >= 0.6 is 0 Å². The Balaban J connectivity index is 4.51. The van der Waals surface area contributed by atoms with Crippen LogP contribution < -0.4 is 0 Å². The molecule has 12 heavy (non-hydrogen) atoms. The van der Waals surface area contributed by atoms with Crippen molar-refractivity contribution in [3.05, 3.63) is 24.4 Å². The first kappa shape index (κ1) is 11.2. The van der Waals surface area contributed by atoms with E-state index in [2.05, 4.69) is 32.3 Å². The number of allylic oxidation sites excluding steroid dienone is 2. The van der Waals surface area contributed by atoms with Gasteiger partial charge in [0.1, 0.15) is 0 Å². The topological polar surface area (TPSA) is 12.4 Å². The quantitative estimate of drug-likeness (QED) is 0.554. The van der Waals surface area contributed by atoms with Gasteiger partial charge in [-0.25, -0.2) is 0 Å². The van der Waals surface area contributed by atoms with E-state index in [-0.39, 0.29) is 5.41 Å². The monoisotopic (exact) mass is 165 g/mol. The Bertz CT molecular complexity index is 214. The van der Waals surface area contributed by atoms with E-state index in [4.69, 9.17) is 0 Å². The molecule has 0 aliphatic rings. The molecule has 0 saturated heterocycles. The second-order valence-electron chi connectivity index (χ2n) is 3.93. The third-order valence-corrected chi connectivity index (χ3v) is 1.76. The van der Waals surface area contributed by atoms with Gasteiger partial charge < -0.3 is 0 Å². The van der Waals surface area contributed by atoms with Crippen molar-refractivity contribution in [3.63, 3.8) is 0 Å². The standard InChI is InChI=1S/C11H19N/c1-7-8-12-10(3)9(2)11(4,5)6/h7-8H,2H2,1,3-6H3/b8-7-,12-10-. The molecule has 0 fully saturated rings. The van der Waals surface area contributed by atoms with Crippen molar-refractivity contribution < 1.29 is 0 Å². The third kappa shape index (κ3) is 3.51. The molecule has 0 unspecified atom stereocenters. The molecule has 0 heterocycles. The normalized spacial score (nSPS) is 13.9. The lowest BCUT2D eigenvalue weighted by atomic mass is 9.85. The molecule has 0 aliphatic carbocycles. The highest BCUT2D eigenvalue weighted by molar-refractivity contribution is 5.99. The van der Waals surface area contributed by atoms with Crippen LogP contribution in [0.4, 0.5) is 0 Å². The molecular formula is C11H19N. The molecular weight excluding hydrogens is 146 g/mol. The van der Waals surface area contributed by atoms with Gasteiger partial charge in [0.2, 0.25) is 0 Å². The Morgan fingerprint density at radius 1 is 1.33 bits per heavy atom. The molecule has 0 bridgehead atoms. The van der Waals surface area contributed by atoms with Gasteiger partial charge in [-0.1, -0.05) is 33.4 Å². The first-order valence-corrected chi connectivity index (χ1v) is 4.25. The number of aliphatic imine (C=N–C) groups is 1. The zero-order chi connectivity index (χ0) is 9.78. The molecule has 1 heteroatoms. The molecule has 0 aromatic carbocycles. The Morgan fingerprint density at radius 3 is 2.17 bits per heavy atom. The van der Waals surface area contributed by atoms with Gasteiger partial charge in [-0.15, -0.1) is 0 Å². The van der Waals surface area contributed by atoms with Crippen LogP contribution in [0.2, 0.25) is 0 Å². The van der Waals surface area contributed by atoms with Crippen LogP contribution in [0.5, 0.6) is 0 Å². The van der Waals surface area contributed by atoms with Crippen LogP contribution in [0.15, 0.2) is 29.4 Å². The predicted octanol–water partition coefficient (Wildman–Crippen LogP) is 3.58. The average molecular weight is 165 g/mol. The second-order valence-corrected chi connectivity index (χ2v) is 3.93. The van der Waals surface area contributed by atoms with E-state index in [1.807, 2.05) is 19.9 Å². The minimum absolute atomic E-state index is 0.120. The van der Waals surface area contributed by atoms with Crippen molar-refractivity contribution in [2.45, 2.75) is 34.6 Å². The fourth-order valence-corrected chi connectivity index (χ4v) is 0.807. The van der Waals surface area contributed by atoms with Crippen molar-refractivity contribution in [3.8, 4) is 0 Å². The van der Waals surface area contributed by atoms with Gasteiger partial charge in [0, 0.05) is 11.9 Å². The van der Waals surface area contributed by atoms with E-state index in [1.54, 1.807) is 6.20 Å². The molecule has 0 amide bonds. The van der Waals surface area contributed by atoms with Crippen LogP contribution in [0.3, 0.4) is 0 Å². The summed E-state index contributed by atoms with van der Waals surface area (Å²) >= 11 is 0. The Morgan fingerprint density at radius 2 is 1.83 bits per heavy atom. The van der Waals surface area contributed by atoms with Gasteiger partial charge in [0.15, 0.2) is 0 Å². The van der Waals surface area contributed by atoms with Crippen LogP contribution in [-0.2, 0) is 0 Å². The largest absolute Gasteiger partial charge is 0.262 e. The fourth-order valence-electron chi connectivity index (χ4n) is 0.807. The van der Waals surface area contributed by atoms with Crippen molar-refractivity contribution >= 4 is 5.71 Å².